The molecule has 1 aromatic carbocycles. The van der Waals surface area contributed by atoms with Crippen molar-refractivity contribution < 1.29 is 13.9 Å². The molecule has 1 rings (SSSR count). The van der Waals surface area contributed by atoms with Crippen molar-refractivity contribution in [1.29, 1.82) is 0 Å². The lowest BCUT2D eigenvalue weighted by Gasteiger charge is -2.19. The van der Waals surface area contributed by atoms with Crippen molar-refractivity contribution >= 4 is 0 Å². The quantitative estimate of drug-likeness (QED) is 0.662. The van der Waals surface area contributed by atoms with E-state index in [9.17, 15) is 4.39 Å². The summed E-state index contributed by atoms with van der Waals surface area (Å²) in [5.74, 6) is -0.225. The number of likely N-dealkylation sites (N-methyl/N-ethyl adjacent to an activating group) is 1. The molecule has 0 heterocycles. The van der Waals surface area contributed by atoms with E-state index < -0.39 is 0 Å². The lowest BCUT2D eigenvalue weighted by molar-refractivity contribution is 0.00443. The van der Waals surface area contributed by atoms with Gasteiger partial charge in [0.2, 0.25) is 0 Å². The van der Waals surface area contributed by atoms with E-state index in [4.69, 9.17) is 9.47 Å². The van der Waals surface area contributed by atoms with E-state index in [1.807, 2.05) is 6.92 Å². The molecule has 1 unspecified atom stereocenters. The van der Waals surface area contributed by atoms with Crippen LogP contribution in [0.1, 0.15) is 31.9 Å². The zero-order valence-electron chi connectivity index (χ0n) is 11.8. The molecule has 1 aromatic rings. The van der Waals surface area contributed by atoms with E-state index >= 15 is 0 Å². The third-order valence-corrected chi connectivity index (χ3v) is 2.72. The standard InChI is InChI=1S/C15H24FNO2/c1-3-9-18-10-11-19-15(12-17-4-2)13-5-7-14(16)8-6-13/h5-8,15,17H,3-4,9-12H2,1-2H3. The molecule has 3 nitrogen and oxygen atoms in total. The van der Waals surface area contributed by atoms with Crippen LogP contribution in [0.5, 0.6) is 0 Å². The summed E-state index contributed by atoms with van der Waals surface area (Å²) in [7, 11) is 0. The van der Waals surface area contributed by atoms with Crippen molar-refractivity contribution in [2.24, 2.45) is 0 Å². The van der Waals surface area contributed by atoms with E-state index in [0.717, 1.165) is 31.7 Å². The van der Waals surface area contributed by atoms with Crippen molar-refractivity contribution in [1.82, 2.24) is 5.32 Å². The van der Waals surface area contributed by atoms with Gasteiger partial charge in [-0.1, -0.05) is 26.0 Å². The van der Waals surface area contributed by atoms with Crippen molar-refractivity contribution in [3.63, 3.8) is 0 Å². The largest absolute Gasteiger partial charge is 0.379 e. The number of hydrogen-bond acceptors (Lipinski definition) is 3. The van der Waals surface area contributed by atoms with Crippen LogP contribution in [-0.4, -0.2) is 32.9 Å². The van der Waals surface area contributed by atoms with E-state index in [0.29, 0.717) is 13.2 Å². The highest BCUT2D eigenvalue weighted by molar-refractivity contribution is 5.19. The first kappa shape index (κ1) is 16.1. The fraction of sp³-hybridized carbons (Fsp3) is 0.600. The molecule has 108 valence electrons. The fourth-order valence-electron chi connectivity index (χ4n) is 1.72. The molecule has 0 aliphatic carbocycles. The number of hydrogen-bond donors (Lipinski definition) is 1. The summed E-state index contributed by atoms with van der Waals surface area (Å²) >= 11 is 0. The Morgan fingerprint density at radius 3 is 2.47 bits per heavy atom. The summed E-state index contributed by atoms with van der Waals surface area (Å²) in [6.07, 6.45) is 0.949. The first-order valence-electron chi connectivity index (χ1n) is 6.93. The van der Waals surface area contributed by atoms with Crippen molar-refractivity contribution in [2.75, 3.05) is 32.9 Å². The summed E-state index contributed by atoms with van der Waals surface area (Å²) < 4.78 is 24.1. The van der Waals surface area contributed by atoms with Crippen molar-refractivity contribution in [3.05, 3.63) is 35.6 Å². The van der Waals surface area contributed by atoms with Crippen LogP contribution in [0.3, 0.4) is 0 Å². The number of ether oxygens (including phenoxy) is 2. The summed E-state index contributed by atoms with van der Waals surface area (Å²) in [4.78, 5) is 0. The van der Waals surface area contributed by atoms with Crippen LogP contribution < -0.4 is 5.32 Å². The van der Waals surface area contributed by atoms with E-state index in [1.165, 1.54) is 12.1 Å². The van der Waals surface area contributed by atoms with Gasteiger partial charge in [-0.2, -0.15) is 0 Å². The molecule has 0 saturated heterocycles. The average molecular weight is 269 g/mol. The number of halogens is 1. The highest BCUT2D eigenvalue weighted by Crippen LogP contribution is 2.17. The molecule has 0 aromatic heterocycles. The minimum Gasteiger partial charge on any atom is -0.379 e. The Morgan fingerprint density at radius 2 is 1.84 bits per heavy atom. The van der Waals surface area contributed by atoms with Gasteiger partial charge < -0.3 is 14.8 Å². The van der Waals surface area contributed by atoms with Gasteiger partial charge >= 0.3 is 0 Å². The van der Waals surface area contributed by atoms with Crippen LogP contribution >= 0.6 is 0 Å². The van der Waals surface area contributed by atoms with Gasteiger partial charge in [0.1, 0.15) is 5.82 Å². The van der Waals surface area contributed by atoms with Gasteiger partial charge in [0, 0.05) is 13.2 Å². The van der Waals surface area contributed by atoms with E-state index in [2.05, 4.69) is 12.2 Å². The zero-order chi connectivity index (χ0) is 13.9. The molecule has 0 radical (unpaired) electrons. The molecule has 4 heteroatoms. The second kappa shape index (κ2) is 9.89. The number of nitrogens with one attached hydrogen (secondary N) is 1. The predicted molar refractivity (Wildman–Crippen MR) is 74.7 cm³/mol. The third kappa shape index (κ3) is 6.66. The maximum absolute atomic E-state index is 12.9. The lowest BCUT2D eigenvalue weighted by Crippen LogP contribution is -2.24. The van der Waals surface area contributed by atoms with Crippen LogP contribution in [0.2, 0.25) is 0 Å². The number of benzene rings is 1. The third-order valence-electron chi connectivity index (χ3n) is 2.72. The van der Waals surface area contributed by atoms with Crippen molar-refractivity contribution in [3.8, 4) is 0 Å². The Hall–Kier alpha value is -0.970. The molecule has 0 saturated carbocycles. The van der Waals surface area contributed by atoms with Gasteiger partial charge in [0.15, 0.2) is 0 Å². The van der Waals surface area contributed by atoms with Gasteiger partial charge in [0.25, 0.3) is 0 Å². The minimum absolute atomic E-state index is 0.0641. The first-order valence-corrected chi connectivity index (χ1v) is 6.93. The highest BCUT2D eigenvalue weighted by Gasteiger charge is 2.11. The average Bonchev–Trinajstić information content (AvgIpc) is 2.43. The fourth-order valence-corrected chi connectivity index (χ4v) is 1.72. The Morgan fingerprint density at radius 1 is 1.11 bits per heavy atom. The molecule has 0 aliphatic rings. The Bertz CT molecular complexity index is 329. The maximum atomic E-state index is 12.9. The van der Waals surface area contributed by atoms with Crippen LogP contribution in [0.4, 0.5) is 4.39 Å². The van der Waals surface area contributed by atoms with Crippen LogP contribution in [0, 0.1) is 5.82 Å². The van der Waals surface area contributed by atoms with Crippen LogP contribution in [-0.2, 0) is 9.47 Å². The molecule has 1 atom stereocenters. The van der Waals surface area contributed by atoms with Gasteiger partial charge in [0.05, 0.1) is 19.3 Å². The van der Waals surface area contributed by atoms with Crippen LogP contribution in [0.15, 0.2) is 24.3 Å². The Balaban J connectivity index is 2.44. The number of rotatable bonds is 10. The molecule has 0 fully saturated rings. The zero-order valence-corrected chi connectivity index (χ0v) is 11.8. The second-order valence-corrected chi connectivity index (χ2v) is 4.33. The van der Waals surface area contributed by atoms with Crippen molar-refractivity contribution in [2.45, 2.75) is 26.4 Å². The molecule has 0 bridgehead atoms. The molecular formula is C15H24FNO2. The summed E-state index contributed by atoms with van der Waals surface area (Å²) in [6, 6.07) is 6.46. The topological polar surface area (TPSA) is 30.5 Å². The summed E-state index contributed by atoms with van der Waals surface area (Å²) in [5, 5.41) is 3.25. The molecule has 0 spiro atoms. The maximum Gasteiger partial charge on any atom is 0.123 e. The SMILES string of the molecule is CCCOCCOC(CNCC)c1ccc(F)cc1. The lowest BCUT2D eigenvalue weighted by atomic mass is 10.1. The molecule has 1 N–H and O–H groups in total. The first-order chi connectivity index (χ1) is 9.27. The van der Waals surface area contributed by atoms with Gasteiger partial charge in [-0.25, -0.2) is 4.39 Å². The van der Waals surface area contributed by atoms with E-state index in [-0.39, 0.29) is 11.9 Å². The van der Waals surface area contributed by atoms with Crippen LogP contribution in [0.25, 0.3) is 0 Å². The van der Waals surface area contributed by atoms with Gasteiger partial charge in [-0.3, -0.25) is 0 Å². The molecule has 0 aliphatic heterocycles. The monoisotopic (exact) mass is 269 g/mol. The Labute approximate surface area is 115 Å². The van der Waals surface area contributed by atoms with E-state index in [1.54, 1.807) is 12.1 Å². The highest BCUT2D eigenvalue weighted by atomic mass is 19.1. The smallest absolute Gasteiger partial charge is 0.123 e. The Kier molecular flexibility index (Phi) is 8.38. The van der Waals surface area contributed by atoms with Gasteiger partial charge in [-0.05, 0) is 30.7 Å². The summed E-state index contributed by atoms with van der Waals surface area (Å²) in [5.41, 5.74) is 0.984. The summed E-state index contributed by atoms with van der Waals surface area (Å²) in [6.45, 7) is 7.63. The predicted octanol–water partition coefficient (Wildman–Crippen LogP) is 2.92. The van der Waals surface area contributed by atoms with Gasteiger partial charge in [-0.15, -0.1) is 0 Å². The second-order valence-electron chi connectivity index (χ2n) is 4.33. The molecule has 19 heavy (non-hydrogen) atoms. The molecule has 0 amide bonds. The molecular weight excluding hydrogens is 245 g/mol. The minimum atomic E-state index is -0.225. The normalized spacial score (nSPS) is 12.6.